The fraction of sp³-hybridized carbons (Fsp3) is 0.444. The Kier molecular flexibility index (Phi) is 3.76. The fourth-order valence-corrected chi connectivity index (χ4v) is 5.17. The van der Waals surface area contributed by atoms with Gasteiger partial charge in [0.25, 0.3) is 0 Å². The van der Waals surface area contributed by atoms with Crippen molar-refractivity contribution >= 4 is 39.1 Å². The summed E-state index contributed by atoms with van der Waals surface area (Å²) in [4.78, 5) is 10.7. The van der Waals surface area contributed by atoms with Crippen LogP contribution in [-0.4, -0.2) is 37.0 Å². The van der Waals surface area contributed by atoms with Gasteiger partial charge in [0.1, 0.15) is 9.09 Å². The first-order chi connectivity index (χ1) is 7.99. The number of rotatable bonds is 4. The Labute approximate surface area is 107 Å². The maximum Gasteiger partial charge on any atom is 0.345 e. The van der Waals surface area contributed by atoms with Crippen LogP contribution in [0.15, 0.2) is 16.3 Å². The van der Waals surface area contributed by atoms with Crippen LogP contribution in [0, 0.1) is 0 Å². The Hall–Kier alpha value is -0.570. The Morgan fingerprint density at radius 2 is 2.24 bits per heavy atom. The standard InChI is InChI=1S/C9H11NO4S3/c11-9(12)7-1-2-8(16-7)17(13,14)10-6-3-4-15-5-6/h1-2,6,10H,3-5H2,(H,11,12). The van der Waals surface area contributed by atoms with Gasteiger partial charge in [-0.15, -0.1) is 11.3 Å². The van der Waals surface area contributed by atoms with Crippen molar-refractivity contribution in [2.24, 2.45) is 0 Å². The molecule has 0 spiro atoms. The maximum absolute atomic E-state index is 11.9. The highest BCUT2D eigenvalue weighted by molar-refractivity contribution is 7.99. The quantitative estimate of drug-likeness (QED) is 0.872. The highest BCUT2D eigenvalue weighted by atomic mass is 32.2. The van der Waals surface area contributed by atoms with E-state index in [2.05, 4.69) is 4.72 Å². The van der Waals surface area contributed by atoms with Crippen LogP contribution in [0.25, 0.3) is 0 Å². The van der Waals surface area contributed by atoms with Gasteiger partial charge >= 0.3 is 5.97 Å². The topological polar surface area (TPSA) is 83.5 Å². The Morgan fingerprint density at radius 1 is 1.47 bits per heavy atom. The molecule has 1 aromatic heterocycles. The lowest BCUT2D eigenvalue weighted by Gasteiger charge is -2.10. The number of hydrogen-bond acceptors (Lipinski definition) is 5. The summed E-state index contributed by atoms with van der Waals surface area (Å²) in [6, 6.07) is 2.60. The molecule has 1 fully saturated rings. The molecule has 8 heteroatoms. The highest BCUT2D eigenvalue weighted by Crippen LogP contribution is 2.24. The summed E-state index contributed by atoms with van der Waals surface area (Å²) in [5, 5.41) is 8.74. The van der Waals surface area contributed by atoms with E-state index >= 15 is 0 Å². The summed E-state index contributed by atoms with van der Waals surface area (Å²) in [5.74, 6) is 0.627. The second-order valence-corrected chi connectivity index (χ2v) is 7.78. The molecule has 0 amide bonds. The molecule has 1 atom stereocenters. The monoisotopic (exact) mass is 293 g/mol. The number of carboxylic acid groups (broad SMARTS) is 1. The number of thioether (sulfide) groups is 1. The number of aromatic carboxylic acids is 1. The molecule has 0 bridgehead atoms. The number of carboxylic acids is 1. The van der Waals surface area contributed by atoms with Gasteiger partial charge in [-0.1, -0.05) is 0 Å². The molecule has 0 radical (unpaired) electrons. The summed E-state index contributed by atoms with van der Waals surface area (Å²) in [7, 11) is -3.56. The van der Waals surface area contributed by atoms with Crippen LogP contribution in [-0.2, 0) is 10.0 Å². The van der Waals surface area contributed by atoms with Gasteiger partial charge in [0.2, 0.25) is 10.0 Å². The normalized spacial score (nSPS) is 20.6. The second kappa shape index (κ2) is 4.97. The van der Waals surface area contributed by atoms with Crippen LogP contribution >= 0.6 is 23.1 Å². The van der Waals surface area contributed by atoms with E-state index in [0.29, 0.717) is 0 Å². The van der Waals surface area contributed by atoms with Gasteiger partial charge in [-0.2, -0.15) is 11.8 Å². The number of thiophene rings is 1. The third-order valence-corrected chi connectivity index (χ3v) is 6.56. The van der Waals surface area contributed by atoms with E-state index in [0.717, 1.165) is 29.3 Å². The molecule has 2 rings (SSSR count). The lowest BCUT2D eigenvalue weighted by Crippen LogP contribution is -2.34. The molecule has 0 aromatic carbocycles. The van der Waals surface area contributed by atoms with Crippen molar-refractivity contribution in [3.63, 3.8) is 0 Å². The predicted molar refractivity (Wildman–Crippen MR) is 67.3 cm³/mol. The maximum atomic E-state index is 11.9. The number of sulfonamides is 1. The van der Waals surface area contributed by atoms with Crippen molar-refractivity contribution in [2.75, 3.05) is 11.5 Å². The van der Waals surface area contributed by atoms with Crippen LogP contribution in [0.1, 0.15) is 16.1 Å². The number of nitrogens with one attached hydrogen (secondary N) is 1. The first kappa shape index (κ1) is 12.9. The van der Waals surface area contributed by atoms with Gasteiger partial charge in [-0.3, -0.25) is 0 Å². The van der Waals surface area contributed by atoms with Crippen LogP contribution in [0.5, 0.6) is 0 Å². The van der Waals surface area contributed by atoms with Gasteiger partial charge < -0.3 is 5.11 Å². The van der Waals surface area contributed by atoms with Crippen molar-refractivity contribution in [3.8, 4) is 0 Å². The van der Waals surface area contributed by atoms with Gasteiger partial charge in [0.05, 0.1) is 0 Å². The van der Waals surface area contributed by atoms with Gasteiger partial charge in [-0.25, -0.2) is 17.9 Å². The second-order valence-electron chi connectivity index (χ2n) is 3.61. The summed E-state index contributed by atoms with van der Waals surface area (Å²) < 4.78 is 26.5. The largest absolute Gasteiger partial charge is 0.477 e. The molecule has 2 heterocycles. The highest BCUT2D eigenvalue weighted by Gasteiger charge is 2.25. The van der Waals surface area contributed by atoms with Crippen LogP contribution in [0.3, 0.4) is 0 Å². The van der Waals surface area contributed by atoms with Crippen molar-refractivity contribution in [2.45, 2.75) is 16.7 Å². The Morgan fingerprint density at radius 3 is 2.76 bits per heavy atom. The van der Waals surface area contributed by atoms with E-state index in [1.165, 1.54) is 12.1 Å². The average molecular weight is 293 g/mol. The molecule has 0 aliphatic carbocycles. The first-order valence-corrected chi connectivity index (χ1v) is 8.38. The molecule has 1 unspecified atom stereocenters. The third-order valence-electron chi connectivity index (χ3n) is 2.31. The lowest BCUT2D eigenvalue weighted by molar-refractivity contribution is 0.0702. The molecule has 1 saturated heterocycles. The van der Waals surface area contributed by atoms with Gasteiger partial charge in [-0.05, 0) is 24.3 Å². The summed E-state index contributed by atoms with van der Waals surface area (Å²) in [6.07, 6.45) is 0.820. The van der Waals surface area contributed by atoms with E-state index in [4.69, 9.17) is 5.11 Å². The zero-order valence-corrected chi connectivity index (χ0v) is 11.2. The molecule has 0 saturated carbocycles. The minimum absolute atomic E-state index is 0.0335. The Bertz CT molecular complexity index is 516. The van der Waals surface area contributed by atoms with E-state index in [-0.39, 0.29) is 15.1 Å². The number of carbonyl (C=O) groups is 1. The summed E-state index contributed by atoms with van der Waals surface area (Å²) >= 11 is 2.48. The first-order valence-electron chi connectivity index (χ1n) is 4.92. The molecule has 17 heavy (non-hydrogen) atoms. The molecular formula is C9H11NO4S3. The van der Waals surface area contributed by atoms with E-state index < -0.39 is 16.0 Å². The van der Waals surface area contributed by atoms with Crippen molar-refractivity contribution in [1.29, 1.82) is 0 Å². The summed E-state index contributed by atoms with van der Waals surface area (Å²) in [5.41, 5.74) is 0. The zero-order valence-electron chi connectivity index (χ0n) is 8.75. The Balaban J connectivity index is 2.15. The van der Waals surface area contributed by atoms with E-state index in [9.17, 15) is 13.2 Å². The average Bonchev–Trinajstić information content (AvgIpc) is 2.84. The lowest BCUT2D eigenvalue weighted by atomic mass is 10.3. The minimum Gasteiger partial charge on any atom is -0.477 e. The van der Waals surface area contributed by atoms with Gasteiger partial charge in [0, 0.05) is 11.8 Å². The number of hydrogen-bond donors (Lipinski definition) is 2. The fourth-order valence-electron chi connectivity index (χ4n) is 1.48. The van der Waals surface area contributed by atoms with Crippen LogP contribution < -0.4 is 4.72 Å². The molecule has 1 aliphatic rings. The molecule has 1 aromatic rings. The third kappa shape index (κ3) is 3.01. The SMILES string of the molecule is O=C(O)c1ccc(S(=O)(=O)NC2CCSC2)s1. The molecular weight excluding hydrogens is 282 g/mol. The minimum atomic E-state index is -3.56. The van der Waals surface area contributed by atoms with E-state index in [1.54, 1.807) is 11.8 Å². The molecule has 94 valence electrons. The molecule has 5 nitrogen and oxygen atoms in total. The van der Waals surface area contributed by atoms with Crippen LogP contribution in [0.2, 0.25) is 0 Å². The predicted octanol–water partition coefficient (Wildman–Crippen LogP) is 1.23. The van der Waals surface area contributed by atoms with Crippen molar-refractivity contribution in [3.05, 3.63) is 17.0 Å². The summed E-state index contributed by atoms with van der Waals surface area (Å²) in [6.45, 7) is 0. The van der Waals surface area contributed by atoms with Crippen molar-refractivity contribution < 1.29 is 18.3 Å². The zero-order chi connectivity index (χ0) is 12.5. The molecule has 1 aliphatic heterocycles. The molecule has 2 N–H and O–H groups in total. The van der Waals surface area contributed by atoms with Crippen molar-refractivity contribution in [1.82, 2.24) is 4.72 Å². The van der Waals surface area contributed by atoms with Crippen LogP contribution in [0.4, 0.5) is 0 Å². The van der Waals surface area contributed by atoms with E-state index in [1.807, 2.05) is 0 Å². The van der Waals surface area contributed by atoms with Gasteiger partial charge in [0.15, 0.2) is 0 Å². The smallest absolute Gasteiger partial charge is 0.345 e.